The Hall–Kier alpha value is -0.120. The van der Waals surface area contributed by atoms with Crippen molar-refractivity contribution in [3.05, 3.63) is 0 Å². The molecule has 3 heteroatoms. The van der Waals surface area contributed by atoms with Gasteiger partial charge in [-0.25, -0.2) is 0 Å². The fourth-order valence-electron chi connectivity index (χ4n) is 3.36. The lowest BCUT2D eigenvalue weighted by atomic mass is 9.75. The first-order valence-corrected chi connectivity index (χ1v) is 7.66. The lowest BCUT2D eigenvalue weighted by Crippen LogP contribution is -2.49. The van der Waals surface area contributed by atoms with Crippen LogP contribution in [0, 0.1) is 5.41 Å². The summed E-state index contributed by atoms with van der Waals surface area (Å²) in [4.78, 5) is 2.49. The van der Waals surface area contributed by atoms with Gasteiger partial charge in [-0.05, 0) is 31.2 Å². The van der Waals surface area contributed by atoms with E-state index in [0.717, 1.165) is 32.8 Å². The van der Waals surface area contributed by atoms with Gasteiger partial charge in [0.2, 0.25) is 0 Å². The normalized spacial score (nSPS) is 33.5. The zero-order valence-corrected chi connectivity index (χ0v) is 12.4. The van der Waals surface area contributed by atoms with E-state index in [1.165, 1.54) is 25.7 Å². The summed E-state index contributed by atoms with van der Waals surface area (Å²) in [6.07, 6.45) is 5.81. The van der Waals surface area contributed by atoms with Crippen LogP contribution in [0.15, 0.2) is 0 Å². The molecule has 1 aliphatic heterocycles. The second-order valence-corrected chi connectivity index (χ2v) is 6.75. The van der Waals surface area contributed by atoms with Crippen molar-refractivity contribution in [3.63, 3.8) is 0 Å². The first-order valence-electron chi connectivity index (χ1n) is 7.66. The van der Waals surface area contributed by atoms with E-state index < -0.39 is 0 Å². The van der Waals surface area contributed by atoms with Crippen LogP contribution < -0.4 is 5.32 Å². The third kappa shape index (κ3) is 4.22. The van der Waals surface area contributed by atoms with Crippen LogP contribution in [0.4, 0.5) is 0 Å². The van der Waals surface area contributed by atoms with E-state index in [9.17, 15) is 0 Å². The van der Waals surface area contributed by atoms with Crippen molar-refractivity contribution in [2.45, 2.75) is 58.6 Å². The second-order valence-electron chi connectivity index (χ2n) is 6.75. The van der Waals surface area contributed by atoms with E-state index in [1.54, 1.807) is 0 Å². The van der Waals surface area contributed by atoms with Crippen LogP contribution in [0.5, 0.6) is 0 Å². The maximum absolute atomic E-state index is 5.85. The topological polar surface area (TPSA) is 24.5 Å². The molecule has 2 unspecified atom stereocenters. The number of rotatable bonds is 4. The third-order valence-electron chi connectivity index (χ3n) is 4.51. The van der Waals surface area contributed by atoms with Gasteiger partial charge in [0.15, 0.2) is 0 Å². The molecule has 0 radical (unpaired) electrons. The molecule has 2 aliphatic rings. The zero-order valence-electron chi connectivity index (χ0n) is 12.4. The molecule has 1 aliphatic carbocycles. The van der Waals surface area contributed by atoms with Gasteiger partial charge in [0.1, 0.15) is 0 Å². The molecule has 1 heterocycles. The average molecular weight is 254 g/mol. The molecule has 106 valence electrons. The molecule has 2 atom stereocenters. The first-order chi connectivity index (χ1) is 8.59. The highest BCUT2D eigenvalue weighted by Gasteiger charge is 2.28. The molecule has 1 saturated carbocycles. The highest BCUT2D eigenvalue weighted by molar-refractivity contribution is 4.84. The van der Waals surface area contributed by atoms with E-state index in [2.05, 4.69) is 31.0 Å². The fraction of sp³-hybridized carbons (Fsp3) is 1.00. The van der Waals surface area contributed by atoms with Crippen LogP contribution >= 0.6 is 0 Å². The highest BCUT2D eigenvalue weighted by atomic mass is 16.5. The van der Waals surface area contributed by atoms with E-state index in [0.29, 0.717) is 17.6 Å². The standard InChI is InChI=1S/C15H30N2O/c1-4-17-8-9-18-14(12-17)11-16-13-6-5-7-15(2,3)10-13/h13-14,16H,4-12H2,1-3H3. The predicted octanol–water partition coefficient (Wildman–Crippen LogP) is 2.27. The summed E-state index contributed by atoms with van der Waals surface area (Å²) in [6, 6.07) is 0.703. The van der Waals surface area contributed by atoms with E-state index in [-0.39, 0.29) is 0 Å². The summed E-state index contributed by atoms with van der Waals surface area (Å²) in [7, 11) is 0. The number of nitrogens with zero attached hydrogens (tertiary/aromatic N) is 1. The number of hydrogen-bond donors (Lipinski definition) is 1. The number of nitrogens with one attached hydrogen (secondary N) is 1. The van der Waals surface area contributed by atoms with E-state index in [1.807, 2.05) is 0 Å². The Morgan fingerprint density at radius 3 is 2.94 bits per heavy atom. The van der Waals surface area contributed by atoms with Crippen LogP contribution in [-0.4, -0.2) is 49.8 Å². The summed E-state index contributed by atoms with van der Waals surface area (Å²) in [6.45, 7) is 12.3. The van der Waals surface area contributed by atoms with Crippen molar-refractivity contribution in [1.82, 2.24) is 10.2 Å². The van der Waals surface area contributed by atoms with Crippen molar-refractivity contribution in [1.29, 1.82) is 0 Å². The number of morpholine rings is 1. The molecular weight excluding hydrogens is 224 g/mol. The molecule has 0 spiro atoms. The van der Waals surface area contributed by atoms with Crippen molar-refractivity contribution in [2.75, 3.05) is 32.8 Å². The van der Waals surface area contributed by atoms with Crippen molar-refractivity contribution >= 4 is 0 Å². The minimum atomic E-state index is 0.392. The van der Waals surface area contributed by atoms with Crippen LogP contribution in [0.25, 0.3) is 0 Å². The molecule has 2 rings (SSSR count). The van der Waals surface area contributed by atoms with E-state index in [4.69, 9.17) is 4.74 Å². The lowest BCUT2D eigenvalue weighted by Gasteiger charge is -2.37. The Balaban J connectivity index is 1.70. The van der Waals surface area contributed by atoms with Gasteiger partial charge in [0.05, 0.1) is 12.7 Å². The van der Waals surface area contributed by atoms with Gasteiger partial charge in [0.25, 0.3) is 0 Å². The Morgan fingerprint density at radius 1 is 1.39 bits per heavy atom. The summed E-state index contributed by atoms with van der Waals surface area (Å²) in [5.74, 6) is 0. The van der Waals surface area contributed by atoms with Gasteiger partial charge in [-0.2, -0.15) is 0 Å². The molecule has 3 nitrogen and oxygen atoms in total. The van der Waals surface area contributed by atoms with Crippen molar-refractivity contribution in [2.24, 2.45) is 5.41 Å². The number of hydrogen-bond acceptors (Lipinski definition) is 3. The monoisotopic (exact) mass is 254 g/mol. The molecule has 0 aromatic carbocycles. The van der Waals surface area contributed by atoms with Gasteiger partial charge in [-0.1, -0.05) is 27.2 Å². The number of likely N-dealkylation sites (N-methyl/N-ethyl adjacent to an activating group) is 1. The Kier molecular flexibility index (Phi) is 5.05. The Labute approximate surface area is 112 Å². The zero-order chi connectivity index (χ0) is 13.0. The Morgan fingerprint density at radius 2 is 2.22 bits per heavy atom. The smallest absolute Gasteiger partial charge is 0.0826 e. The van der Waals surface area contributed by atoms with Gasteiger partial charge in [0, 0.05) is 25.7 Å². The Bertz CT molecular complexity index is 255. The minimum Gasteiger partial charge on any atom is -0.374 e. The summed E-state index contributed by atoms with van der Waals surface area (Å²) in [5.41, 5.74) is 0.527. The maximum atomic E-state index is 5.85. The van der Waals surface area contributed by atoms with E-state index >= 15 is 0 Å². The third-order valence-corrected chi connectivity index (χ3v) is 4.51. The van der Waals surface area contributed by atoms with Gasteiger partial charge >= 0.3 is 0 Å². The largest absolute Gasteiger partial charge is 0.374 e. The quantitative estimate of drug-likeness (QED) is 0.833. The molecule has 0 bridgehead atoms. The molecule has 1 N–H and O–H groups in total. The van der Waals surface area contributed by atoms with Crippen LogP contribution in [0.1, 0.15) is 46.5 Å². The van der Waals surface area contributed by atoms with Crippen LogP contribution in [0.3, 0.4) is 0 Å². The average Bonchev–Trinajstić information content (AvgIpc) is 2.35. The molecule has 18 heavy (non-hydrogen) atoms. The molecule has 1 saturated heterocycles. The van der Waals surface area contributed by atoms with Gasteiger partial charge in [-0.15, -0.1) is 0 Å². The highest BCUT2D eigenvalue weighted by Crippen LogP contribution is 2.35. The minimum absolute atomic E-state index is 0.392. The van der Waals surface area contributed by atoms with Gasteiger partial charge in [-0.3, -0.25) is 4.90 Å². The predicted molar refractivity (Wildman–Crippen MR) is 75.9 cm³/mol. The molecular formula is C15H30N2O. The SMILES string of the molecule is CCN1CCOC(CNC2CCCC(C)(C)C2)C1. The first kappa shape index (κ1) is 14.3. The molecule has 0 aromatic rings. The molecule has 0 amide bonds. The molecule has 2 fully saturated rings. The lowest BCUT2D eigenvalue weighted by molar-refractivity contribution is -0.0275. The van der Waals surface area contributed by atoms with Gasteiger partial charge < -0.3 is 10.1 Å². The summed E-state index contributed by atoms with van der Waals surface area (Å²) < 4.78 is 5.85. The van der Waals surface area contributed by atoms with Crippen LogP contribution in [-0.2, 0) is 4.74 Å². The second kappa shape index (κ2) is 6.36. The summed E-state index contributed by atoms with van der Waals surface area (Å²) >= 11 is 0. The maximum Gasteiger partial charge on any atom is 0.0826 e. The van der Waals surface area contributed by atoms with Crippen LogP contribution in [0.2, 0.25) is 0 Å². The summed E-state index contributed by atoms with van der Waals surface area (Å²) in [5, 5.41) is 3.74. The van der Waals surface area contributed by atoms with Crippen molar-refractivity contribution in [3.8, 4) is 0 Å². The fourth-order valence-corrected chi connectivity index (χ4v) is 3.36. The van der Waals surface area contributed by atoms with Crippen molar-refractivity contribution < 1.29 is 4.74 Å². The molecule has 0 aromatic heterocycles. The number of ether oxygens (including phenoxy) is 1.